The number of ether oxygens (including phenoxy) is 1. The van der Waals surface area contributed by atoms with E-state index in [0.717, 1.165) is 0 Å². The third-order valence-corrected chi connectivity index (χ3v) is 3.82. The molecule has 1 aromatic carbocycles. The summed E-state index contributed by atoms with van der Waals surface area (Å²) in [6.45, 7) is 3.49. The average molecular weight is 359 g/mol. The number of halogens is 2. The molecular formula is C17H20Cl2O4. The van der Waals surface area contributed by atoms with Crippen molar-refractivity contribution < 1.29 is 19.1 Å². The van der Waals surface area contributed by atoms with Gasteiger partial charge in [-0.25, -0.2) is 0 Å². The summed E-state index contributed by atoms with van der Waals surface area (Å²) < 4.78 is 4.84. The van der Waals surface area contributed by atoms with Crippen LogP contribution in [0.2, 0.25) is 10.0 Å². The molecular weight excluding hydrogens is 339 g/mol. The Hall–Kier alpha value is -1.39. The number of carbonyl (C=O) groups excluding carboxylic acids is 3. The molecule has 23 heavy (non-hydrogen) atoms. The van der Waals surface area contributed by atoms with Gasteiger partial charge >= 0.3 is 5.97 Å². The first-order valence-corrected chi connectivity index (χ1v) is 8.27. The third-order valence-electron chi connectivity index (χ3n) is 3.38. The molecule has 1 rings (SSSR count). The van der Waals surface area contributed by atoms with Crippen LogP contribution >= 0.6 is 23.2 Å². The minimum Gasteiger partial charge on any atom is -0.466 e. The molecule has 0 fully saturated rings. The fraction of sp³-hybridized carbons (Fsp3) is 0.471. The van der Waals surface area contributed by atoms with Crippen LogP contribution in [0.4, 0.5) is 0 Å². The highest BCUT2D eigenvalue weighted by Crippen LogP contribution is 2.23. The van der Waals surface area contributed by atoms with Crippen LogP contribution in [-0.2, 0) is 14.3 Å². The smallest absolute Gasteiger partial charge is 0.305 e. The van der Waals surface area contributed by atoms with E-state index in [0.29, 0.717) is 41.5 Å². The standard InChI is InChI=1S/C17H20Cl2O4/c1-3-23-16(21)7-5-4-6-15(11(2)20)17(22)12-8-13(18)10-14(19)9-12/h8-10,15H,3-7H2,1-2H3. The van der Waals surface area contributed by atoms with Crippen LogP contribution in [0.5, 0.6) is 0 Å². The quantitative estimate of drug-likeness (QED) is 0.282. The number of ketones is 2. The Morgan fingerprint density at radius 2 is 1.70 bits per heavy atom. The Bertz CT molecular complexity index is 564. The van der Waals surface area contributed by atoms with Gasteiger partial charge in [0.15, 0.2) is 5.78 Å². The van der Waals surface area contributed by atoms with Crippen LogP contribution in [0.3, 0.4) is 0 Å². The number of esters is 1. The molecule has 4 nitrogen and oxygen atoms in total. The molecule has 0 aliphatic rings. The molecule has 0 bridgehead atoms. The van der Waals surface area contributed by atoms with Crippen molar-refractivity contribution in [2.45, 2.75) is 39.5 Å². The zero-order chi connectivity index (χ0) is 17.4. The lowest BCUT2D eigenvalue weighted by molar-refractivity contribution is -0.143. The van der Waals surface area contributed by atoms with Crippen molar-refractivity contribution in [1.29, 1.82) is 0 Å². The normalized spacial score (nSPS) is 11.8. The SMILES string of the molecule is CCOC(=O)CCCCC(C(C)=O)C(=O)c1cc(Cl)cc(Cl)c1. The molecule has 0 N–H and O–H groups in total. The monoisotopic (exact) mass is 358 g/mol. The lowest BCUT2D eigenvalue weighted by atomic mass is 9.89. The van der Waals surface area contributed by atoms with E-state index < -0.39 is 5.92 Å². The highest BCUT2D eigenvalue weighted by Gasteiger charge is 2.24. The molecule has 1 atom stereocenters. The zero-order valence-corrected chi connectivity index (χ0v) is 14.7. The zero-order valence-electron chi connectivity index (χ0n) is 13.2. The molecule has 0 aromatic heterocycles. The van der Waals surface area contributed by atoms with Crippen molar-refractivity contribution in [3.63, 3.8) is 0 Å². The first-order valence-electron chi connectivity index (χ1n) is 7.51. The molecule has 0 radical (unpaired) electrons. The summed E-state index contributed by atoms with van der Waals surface area (Å²) in [6.07, 6.45) is 1.84. The van der Waals surface area contributed by atoms with Crippen LogP contribution in [0.25, 0.3) is 0 Å². The molecule has 0 aliphatic carbocycles. The summed E-state index contributed by atoms with van der Waals surface area (Å²) >= 11 is 11.8. The largest absolute Gasteiger partial charge is 0.466 e. The summed E-state index contributed by atoms with van der Waals surface area (Å²) in [6, 6.07) is 4.54. The number of Topliss-reactive ketones (excluding diaryl/α,β-unsaturated/α-hetero) is 2. The fourth-order valence-electron chi connectivity index (χ4n) is 2.27. The van der Waals surface area contributed by atoms with Gasteiger partial charge in [0.1, 0.15) is 5.78 Å². The van der Waals surface area contributed by atoms with E-state index in [1.165, 1.54) is 25.1 Å². The second-order valence-electron chi connectivity index (χ2n) is 5.24. The second kappa shape index (κ2) is 9.68. The Kier molecular flexibility index (Phi) is 8.28. The highest BCUT2D eigenvalue weighted by molar-refractivity contribution is 6.35. The van der Waals surface area contributed by atoms with Gasteiger partial charge in [0.05, 0.1) is 12.5 Å². The number of hydrogen-bond donors (Lipinski definition) is 0. The molecule has 1 unspecified atom stereocenters. The van der Waals surface area contributed by atoms with Crippen LogP contribution in [0.15, 0.2) is 18.2 Å². The second-order valence-corrected chi connectivity index (χ2v) is 6.11. The lowest BCUT2D eigenvalue weighted by Gasteiger charge is -2.13. The van der Waals surface area contributed by atoms with Crippen molar-refractivity contribution in [2.24, 2.45) is 5.92 Å². The van der Waals surface area contributed by atoms with Gasteiger partial charge in [0, 0.05) is 22.0 Å². The number of carbonyl (C=O) groups is 3. The van der Waals surface area contributed by atoms with E-state index in [9.17, 15) is 14.4 Å². The maximum atomic E-state index is 12.5. The van der Waals surface area contributed by atoms with Crippen molar-refractivity contribution in [2.75, 3.05) is 6.61 Å². The minimum atomic E-state index is -0.744. The summed E-state index contributed by atoms with van der Waals surface area (Å²) in [7, 11) is 0. The van der Waals surface area contributed by atoms with Gasteiger partial charge in [-0.1, -0.05) is 29.6 Å². The lowest BCUT2D eigenvalue weighted by Crippen LogP contribution is -2.22. The molecule has 0 saturated carbocycles. The maximum Gasteiger partial charge on any atom is 0.305 e. The minimum absolute atomic E-state index is 0.206. The van der Waals surface area contributed by atoms with Gasteiger partial charge in [-0.3, -0.25) is 14.4 Å². The van der Waals surface area contributed by atoms with E-state index in [4.69, 9.17) is 27.9 Å². The third kappa shape index (κ3) is 6.71. The topological polar surface area (TPSA) is 60.4 Å². The van der Waals surface area contributed by atoms with Crippen LogP contribution < -0.4 is 0 Å². The van der Waals surface area contributed by atoms with E-state index in [-0.39, 0.29) is 24.0 Å². The maximum absolute atomic E-state index is 12.5. The number of unbranched alkanes of at least 4 members (excludes halogenated alkanes) is 1. The number of rotatable bonds is 9. The Labute approximate surface area is 146 Å². The molecule has 0 aliphatic heterocycles. The van der Waals surface area contributed by atoms with Gasteiger partial charge in [0.25, 0.3) is 0 Å². The highest BCUT2D eigenvalue weighted by atomic mass is 35.5. The van der Waals surface area contributed by atoms with Crippen LogP contribution in [0.1, 0.15) is 49.9 Å². The molecule has 1 aromatic rings. The number of hydrogen-bond acceptors (Lipinski definition) is 4. The van der Waals surface area contributed by atoms with Crippen LogP contribution in [-0.4, -0.2) is 24.1 Å². The van der Waals surface area contributed by atoms with Gasteiger partial charge in [-0.15, -0.1) is 0 Å². The first kappa shape index (κ1) is 19.7. The van der Waals surface area contributed by atoms with Crippen molar-refractivity contribution in [3.05, 3.63) is 33.8 Å². The molecule has 0 spiro atoms. The predicted octanol–water partition coefficient (Wildman–Crippen LogP) is 4.50. The van der Waals surface area contributed by atoms with Gasteiger partial charge < -0.3 is 4.74 Å². The molecule has 0 amide bonds. The molecule has 0 heterocycles. The predicted molar refractivity (Wildman–Crippen MR) is 90.1 cm³/mol. The summed E-state index contributed by atoms with van der Waals surface area (Å²) in [5.74, 6) is -1.51. The van der Waals surface area contributed by atoms with Crippen molar-refractivity contribution >= 4 is 40.7 Å². The Morgan fingerprint density at radius 1 is 1.09 bits per heavy atom. The summed E-state index contributed by atoms with van der Waals surface area (Å²) in [5, 5.41) is 0.705. The van der Waals surface area contributed by atoms with E-state index in [1.54, 1.807) is 6.92 Å². The molecule has 0 saturated heterocycles. The number of benzene rings is 1. The van der Waals surface area contributed by atoms with E-state index in [2.05, 4.69) is 0 Å². The van der Waals surface area contributed by atoms with Gasteiger partial charge in [0.2, 0.25) is 0 Å². The van der Waals surface area contributed by atoms with Crippen LogP contribution in [0, 0.1) is 5.92 Å². The van der Waals surface area contributed by atoms with Crippen molar-refractivity contribution in [1.82, 2.24) is 0 Å². The van der Waals surface area contributed by atoms with E-state index in [1.807, 2.05) is 0 Å². The first-order chi connectivity index (χ1) is 10.8. The summed E-state index contributed by atoms with van der Waals surface area (Å²) in [4.78, 5) is 35.5. The fourth-order valence-corrected chi connectivity index (χ4v) is 2.79. The average Bonchev–Trinajstić information content (AvgIpc) is 2.45. The van der Waals surface area contributed by atoms with Gasteiger partial charge in [-0.05, 0) is 44.9 Å². The Morgan fingerprint density at radius 3 is 2.22 bits per heavy atom. The summed E-state index contributed by atoms with van der Waals surface area (Å²) in [5.41, 5.74) is 0.327. The van der Waals surface area contributed by atoms with Gasteiger partial charge in [-0.2, -0.15) is 0 Å². The molecule has 126 valence electrons. The van der Waals surface area contributed by atoms with E-state index >= 15 is 0 Å². The van der Waals surface area contributed by atoms with Crippen molar-refractivity contribution in [3.8, 4) is 0 Å². The Balaban J connectivity index is 2.65. The molecule has 6 heteroatoms.